The third-order valence-corrected chi connectivity index (χ3v) is 3.69. The van der Waals surface area contributed by atoms with Gasteiger partial charge in [-0.25, -0.2) is 0 Å². The summed E-state index contributed by atoms with van der Waals surface area (Å²) in [5.41, 5.74) is 7.97. The van der Waals surface area contributed by atoms with Gasteiger partial charge in [0.2, 0.25) is 0 Å². The monoisotopic (exact) mass is 280 g/mol. The van der Waals surface area contributed by atoms with Crippen LogP contribution in [0.25, 0.3) is 0 Å². The summed E-state index contributed by atoms with van der Waals surface area (Å²) in [5, 5.41) is 1.19. The van der Waals surface area contributed by atoms with E-state index in [0.29, 0.717) is 10.0 Å². The second-order valence-electron chi connectivity index (χ2n) is 4.20. The van der Waals surface area contributed by atoms with Gasteiger partial charge in [0.25, 0.3) is 0 Å². The highest BCUT2D eigenvalue weighted by atomic mass is 35.5. The van der Waals surface area contributed by atoms with E-state index in [1.165, 1.54) is 0 Å². The van der Waals surface area contributed by atoms with Gasteiger partial charge in [-0.05, 0) is 24.3 Å². The van der Waals surface area contributed by atoms with Crippen molar-refractivity contribution in [2.24, 2.45) is 5.73 Å². The summed E-state index contributed by atoms with van der Waals surface area (Å²) in [5.74, 6) is 0.0450. The number of pyridine rings is 1. The van der Waals surface area contributed by atoms with Gasteiger partial charge in [0.05, 0.1) is 0 Å². The smallest absolute Gasteiger partial charge is 0.0468 e. The van der Waals surface area contributed by atoms with E-state index < -0.39 is 0 Å². The molecule has 2 nitrogen and oxygen atoms in total. The van der Waals surface area contributed by atoms with Crippen LogP contribution < -0.4 is 5.73 Å². The first kappa shape index (κ1) is 13.3. The molecule has 0 radical (unpaired) electrons. The number of halogens is 2. The predicted molar refractivity (Wildman–Crippen MR) is 76.0 cm³/mol. The Hall–Kier alpha value is -1.09. The van der Waals surface area contributed by atoms with Gasteiger partial charge < -0.3 is 5.73 Å². The lowest BCUT2D eigenvalue weighted by Gasteiger charge is -2.21. The zero-order valence-electron chi connectivity index (χ0n) is 9.98. The Bertz CT molecular complexity index is 508. The highest BCUT2D eigenvalue weighted by molar-refractivity contribution is 6.36. The molecular weight excluding hydrogens is 267 g/mol. The maximum Gasteiger partial charge on any atom is 0.0468 e. The van der Waals surface area contributed by atoms with Crippen molar-refractivity contribution in [1.82, 2.24) is 4.98 Å². The zero-order valence-corrected chi connectivity index (χ0v) is 11.5. The number of hydrogen-bond acceptors (Lipinski definition) is 2. The van der Waals surface area contributed by atoms with E-state index in [2.05, 4.69) is 4.98 Å². The van der Waals surface area contributed by atoms with Crippen LogP contribution in [0.5, 0.6) is 0 Å². The van der Waals surface area contributed by atoms with Gasteiger partial charge >= 0.3 is 0 Å². The van der Waals surface area contributed by atoms with E-state index in [4.69, 9.17) is 28.9 Å². The van der Waals surface area contributed by atoms with Crippen molar-refractivity contribution in [3.8, 4) is 0 Å². The number of rotatable bonds is 3. The summed E-state index contributed by atoms with van der Waals surface area (Å²) in [4.78, 5) is 4.32. The lowest BCUT2D eigenvalue weighted by Crippen LogP contribution is -2.19. The first-order chi connectivity index (χ1) is 8.61. The SMILES string of the molecule is CC(c1ccccn1)C(N)c1c(Cl)cccc1Cl. The van der Waals surface area contributed by atoms with Crippen molar-refractivity contribution in [2.75, 3.05) is 0 Å². The van der Waals surface area contributed by atoms with Crippen LogP contribution in [0, 0.1) is 0 Å². The molecular formula is C14H14Cl2N2. The van der Waals surface area contributed by atoms with Gasteiger partial charge in [0, 0.05) is 39.5 Å². The summed E-state index contributed by atoms with van der Waals surface area (Å²) in [7, 11) is 0. The van der Waals surface area contributed by atoms with Gasteiger partial charge in [-0.15, -0.1) is 0 Å². The van der Waals surface area contributed by atoms with Crippen molar-refractivity contribution in [3.05, 3.63) is 63.9 Å². The molecule has 0 fully saturated rings. The van der Waals surface area contributed by atoms with Gasteiger partial charge in [-0.2, -0.15) is 0 Å². The molecule has 4 heteroatoms. The molecule has 2 unspecified atom stereocenters. The largest absolute Gasteiger partial charge is 0.323 e. The Morgan fingerprint density at radius 1 is 1.06 bits per heavy atom. The number of nitrogens with two attached hydrogens (primary N) is 1. The number of hydrogen-bond donors (Lipinski definition) is 1. The van der Waals surface area contributed by atoms with Gasteiger partial charge in [-0.1, -0.05) is 42.3 Å². The van der Waals surface area contributed by atoms with Crippen LogP contribution in [0.15, 0.2) is 42.6 Å². The molecule has 0 saturated heterocycles. The molecule has 2 atom stereocenters. The predicted octanol–water partition coefficient (Wildman–Crippen LogP) is 4.19. The molecule has 18 heavy (non-hydrogen) atoms. The molecule has 2 aromatic rings. The summed E-state index contributed by atoms with van der Waals surface area (Å²) >= 11 is 12.3. The Labute approximate surface area is 117 Å². The molecule has 2 rings (SSSR count). The Balaban J connectivity index is 2.34. The minimum atomic E-state index is -0.277. The van der Waals surface area contributed by atoms with E-state index in [9.17, 15) is 0 Å². The van der Waals surface area contributed by atoms with E-state index >= 15 is 0 Å². The average molecular weight is 281 g/mol. The molecule has 0 aliphatic heterocycles. The van der Waals surface area contributed by atoms with Crippen LogP contribution in [0.4, 0.5) is 0 Å². The molecule has 1 heterocycles. The molecule has 0 spiro atoms. The van der Waals surface area contributed by atoms with Crippen LogP contribution in [-0.2, 0) is 0 Å². The van der Waals surface area contributed by atoms with Crippen LogP contribution in [0.3, 0.4) is 0 Å². The minimum absolute atomic E-state index is 0.0450. The molecule has 0 bridgehead atoms. The average Bonchev–Trinajstić information content (AvgIpc) is 2.38. The van der Waals surface area contributed by atoms with Gasteiger partial charge in [0.1, 0.15) is 0 Å². The summed E-state index contributed by atoms with van der Waals surface area (Å²) in [6.07, 6.45) is 1.76. The van der Waals surface area contributed by atoms with Crippen molar-refractivity contribution in [1.29, 1.82) is 0 Å². The number of aromatic nitrogens is 1. The highest BCUT2D eigenvalue weighted by Crippen LogP contribution is 2.35. The van der Waals surface area contributed by atoms with Crippen LogP contribution in [-0.4, -0.2) is 4.98 Å². The topological polar surface area (TPSA) is 38.9 Å². The molecule has 2 N–H and O–H groups in total. The maximum atomic E-state index is 6.26. The molecule has 0 aliphatic carbocycles. The van der Waals surface area contributed by atoms with Crippen LogP contribution in [0.2, 0.25) is 10.0 Å². The molecule has 1 aromatic carbocycles. The lowest BCUT2D eigenvalue weighted by atomic mass is 9.92. The fourth-order valence-corrected chi connectivity index (χ4v) is 2.56. The second kappa shape index (κ2) is 5.70. The fourth-order valence-electron chi connectivity index (χ4n) is 1.91. The van der Waals surface area contributed by atoms with Gasteiger partial charge in [-0.3, -0.25) is 4.98 Å². The summed E-state index contributed by atoms with van der Waals surface area (Å²) < 4.78 is 0. The van der Waals surface area contributed by atoms with Crippen LogP contribution in [0.1, 0.15) is 30.1 Å². The van der Waals surface area contributed by atoms with E-state index in [1.54, 1.807) is 18.3 Å². The quantitative estimate of drug-likeness (QED) is 0.916. The van der Waals surface area contributed by atoms with E-state index in [1.807, 2.05) is 31.2 Å². The third-order valence-electron chi connectivity index (χ3n) is 3.03. The first-order valence-electron chi connectivity index (χ1n) is 5.71. The highest BCUT2D eigenvalue weighted by Gasteiger charge is 2.22. The summed E-state index contributed by atoms with van der Waals surface area (Å²) in [6, 6.07) is 10.9. The Morgan fingerprint density at radius 3 is 2.28 bits per heavy atom. The molecule has 0 aliphatic rings. The zero-order chi connectivity index (χ0) is 13.1. The van der Waals surface area contributed by atoms with Crippen molar-refractivity contribution >= 4 is 23.2 Å². The number of benzene rings is 1. The number of nitrogens with zero attached hydrogens (tertiary/aromatic N) is 1. The molecule has 94 valence electrons. The Kier molecular flexibility index (Phi) is 4.23. The van der Waals surface area contributed by atoms with Crippen molar-refractivity contribution < 1.29 is 0 Å². The van der Waals surface area contributed by atoms with Crippen LogP contribution >= 0.6 is 23.2 Å². The van der Waals surface area contributed by atoms with Crippen molar-refractivity contribution in [3.63, 3.8) is 0 Å². The normalized spacial score (nSPS) is 14.2. The Morgan fingerprint density at radius 2 is 1.72 bits per heavy atom. The standard InChI is InChI=1S/C14H14Cl2N2/c1-9(12-7-2-3-8-18-12)14(17)13-10(15)5-4-6-11(13)16/h2-9,14H,17H2,1H3. The minimum Gasteiger partial charge on any atom is -0.323 e. The first-order valence-corrected chi connectivity index (χ1v) is 6.47. The van der Waals surface area contributed by atoms with E-state index in [-0.39, 0.29) is 12.0 Å². The molecule has 0 saturated carbocycles. The van der Waals surface area contributed by atoms with E-state index in [0.717, 1.165) is 11.3 Å². The van der Waals surface area contributed by atoms with Crippen molar-refractivity contribution in [2.45, 2.75) is 18.9 Å². The van der Waals surface area contributed by atoms with Gasteiger partial charge in [0.15, 0.2) is 0 Å². The molecule has 1 aromatic heterocycles. The molecule has 0 amide bonds. The fraction of sp³-hybridized carbons (Fsp3) is 0.214. The lowest BCUT2D eigenvalue weighted by molar-refractivity contribution is 0.584. The summed E-state index contributed by atoms with van der Waals surface area (Å²) in [6.45, 7) is 2.02. The maximum absolute atomic E-state index is 6.26. The second-order valence-corrected chi connectivity index (χ2v) is 5.02. The third kappa shape index (κ3) is 2.66.